The fourth-order valence-electron chi connectivity index (χ4n) is 2.00. The third-order valence-corrected chi connectivity index (χ3v) is 5.01. The molecule has 0 unspecified atom stereocenters. The summed E-state index contributed by atoms with van der Waals surface area (Å²) in [6, 6.07) is 24.4. The standard InChI is InChI=1S/C18H16N2S2/c19-13-3-1-5-17(11-13)21-15-7-9-16(10-8-15)22-18-6-2-4-14(20)12-18/h1-12H,19-20H2. The second-order valence-corrected chi connectivity index (χ2v) is 7.11. The minimum Gasteiger partial charge on any atom is -0.399 e. The quantitative estimate of drug-likeness (QED) is 0.651. The van der Waals surface area contributed by atoms with Gasteiger partial charge in [-0.1, -0.05) is 35.7 Å². The van der Waals surface area contributed by atoms with Gasteiger partial charge in [-0.25, -0.2) is 0 Å². The molecule has 0 bridgehead atoms. The van der Waals surface area contributed by atoms with E-state index in [0.717, 1.165) is 21.2 Å². The molecule has 0 saturated carbocycles. The summed E-state index contributed by atoms with van der Waals surface area (Å²) in [5, 5.41) is 0. The Hall–Kier alpha value is -2.04. The van der Waals surface area contributed by atoms with Crippen LogP contribution < -0.4 is 11.5 Å². The average molecular weight is 324 g/mol. The molecule has 0 atom stereocenters. The molecule has 0 aliphatic rings. The fourth-order valence-corrected chi connectivity index (χ4v) is 3.78. The van der Waals surface area contributed by atoms with E-state index in [-0.39, 0.29) is 0 Å². The summed E-state index contributed by atoms with van der Waals surface area (Å²) in [4.78, 5) is 4.69. The van der Waals surface area contributed by atoms with Gasteiger partial charge < -0.3 is 11.5 Å². The van der Waals surface area contributed by atoms with Crippen LogP contribution >= 0.6 is 23.5 Å². The molecule has 22 heavy (non-hydrogen) atoms. The number of hydrogen-bond donors (Lipinski definition) is 2. The molecule has 0 fully saturated rings. The summed E-state index contributed by atoms with van der Waals surface area (Å²) < 4.78 is 0. The minimum absolute atomic E-state index is 0.791. The molecule has 3 aromatic rings. The summed E-state index contributed by atoms with van der Waals surface area (Å²) in [7, 11) is 0. The van der Waals surface area contributed by atoms with Crippen molar-refractivity contribution >= 4 is 34.9 Å². The van der Waals surface area contributed by atoms with Gasteiger partial charge in [0.2, 0.25) is 0 Å². The van der Waals surface area contributed by atoms with Crippen LogP contribution in [0.5, 0.6) is 0 Å². The van der Waals surface area contributed by atoms with Crippen LogP contribution in [0.1, 0.15) is 0 Å². The van der Waals surface area contributed by atoms with Crippen LogP contribution in [-0.4, -0.2) is 0 Å². The molecule has 110 valence electrons. The molecule has 3 aromatic carbocycles. The van der Waals surface area contributed by atoms with Crippen molar-refractivity contribution in [3.63, 3.8) is 0 Å². The lowest BCUT2D eigenvalue weighted by Gasteiger charge is -2.05. The molecule has 4 heteroatoms. The molecule has 0 radical (unpaired) electrons. The monoisotopic (exact) mass is 324 g/mol. The van der Waals surface area contributed by atoms with Crippen molar-refractivity contribution in [1.29, 1.82) is 0 Å². The third kappa shape index (κ3) is 4.00. The molecule has 2 nitrogen and oxygen atoms in total. The molecule has 0 aliphatic carbocycles. The van der Waals surface area contributed by atoms with Crippen LogP contribution in [0, 0.1) is 0 Å². The molecule has 0 heterocycles. The van der Waals surface area contributed by atoms with Gasteiger partial charge in [0, 0.05) is 31.0 Å². The highest BCUT2D eigenvalue weighted by Gasteiger charge is 2.01. The first kappa shape index (κ1) is 14.9. The summed E-state index contributed by atoms with van der Waals surface area (Å²) >= 11 is 3.42. The summed E-state index contributed by atoms with van der Waals surface area (Å²) in [5.41, 5.74) is 13.2. The highest BCUT2D eigenvalue weighted by Crippen LogP contribution is 2.33. The number of nitrogens with two attached hydrogens (primary N) is 2. The highest BCUT2D eigenvalue weighted by atomic mass is 32.2. The van der Waals surface area contributed by atoms with Gasteiger partial charge >= 0.3 is 0 Å². The Morgan fingerprint density at radius 2 is 0.909 bits per heavy atom. The first-order valence-electron chi connectivity index (χ1n) is 6.86. The van der Waals surface area contributed by atoms with Crippen molar-refractivity contribution in [2.45, 2.75) is 19.6 Å². The molecular weight excluding hydrogens is 308 g/mol. The Morgan fingerprint density at radius 3 is 1.27 bits per heavy atom. The summed E-state index contributed by atoms with van der Waals surface area (Å²) in [6.07, 6.45) is 0. The van der Waals surface area contributed by atoms with Gasteiger partial charge in [-0.05, 0) is 60.7 Å². The zero-order valence-electron chi connectivity index (χ0n) is 11.9. The van der Waals surface area contributed by atoms with E-state index in [0.29, 0.717) is 0 Å². The summed E-state index contributed by atoms with van der Waals surface area (Å²) in [5.74, 6) is 0. The maximum atomic E-state index is 5.81. The first-order chi connectivity index (χ1) is 10.7. The molecule has 0 aliphatic heterocycles. The average Bonchev–Trinajstić information content (AvgIpc) is 2.49. The van der Waals surface area contributed by atoms with Crippen molar-refractivity contribution in [3.05, 3.63) is 72.8 Å². The Morgan fingerprint density at radius 1 is 0.500 bits per heavy atom. The van der Waals surface area contributed by atoms with Crippen molar-refractivity contribution in [1.82, 2.24) is 0 Å². The van der Waals surface area contributed by atoms with Crippen molar-refractivity contribution in [3.8, 4) is 0 Å². The van der Waals surface area contributed by atoms with E-state index in [1.54, 1.807) is 23.5 Å². The van der Waals surface area contributed by atoms with Crippen LogP contribution in [0.4, 0.5) is 11.4 Å². The Kier molecular flexibility index (Phi) is 4.61. The second-order valence-electron chi connectivity index (χ2n) is 4.82. The van der Waals surface area contributed by atoms with Crippen LogP contribution in [0.2, 0.25) is 0 Å². The van der Waals surface area contributed by atoms with E-state index in [9.17, 15) is 0 Å². The van der Waals surface area contributed by atoms with Gasteiger partial charge in [0.05, 0.1) is 0 Å². The van der Waals surface area contributed by atoms with E-state index < -0.39 is 0 Å². The summed E-state index contributed by atoms with van der Waals surface area (Å²) in [6.45, 7) is 0. The number of rotatable bonds is 4. The Balaban J connectivity index is 1.70. The van der Waals surface area contributed by atoms with Crippen LogP contribution in [-0.2, 0) is 0 Å². The largest absolute Gasteiger partial charge is 0.399 e. The van der Waals surface area contributed by atoms with E-state index in [4.69, 9.17) is 11.5 Å². The maximum absolute atomic E-state index is 5.81. The Labute approximate surface area is 138 Å². The lowest BCUT2D eigenvalue weighted by molar-refractivity contribution is 1.33. The second kappa shape index (κ2) is 6.81. The lowest BCUT2D eigenvalue weighted by Crippen LogP contribution is -1.84. The predicted molar refractivity (Wildman–Crippen MR) is 96.4 cm³/mol. The van der Waals surface area contributed by atoms with Gasteiger partial charge in [-0.15, -0.1) is 0 Å². The third-order valence-electron chi connectivity index (χ3n) is 3.01. The first-order valence-corrected chi connectivity index (χ1v) is 8.49. The minimum atomic E-state index is 0.791. The molecule has 0 saturated heterocycles. The van der Waals surface area contributed by atoms with Gasteiger partial charge in [0.1, 0.15) is 0 Å². The van der Waals surface area contributed by atoms with Gasteiger partial charge in [0.25, 0.3) is 0 Å². The van der Waals surface area contributed by atoms with Gasteiger partial charge in [-0.3, -0.25) is 0 Å². The van der Waals surface area contributed by atoms with Gasteiger partial charge in [0.15, 0.2) is 0 Å². The number of nitrogen functional groups attached to an aromatic ring is 2. The van der Waals surface area contributed by atoms with Crippen LogP contribution in [0.3, 0.4) is 0 Å². The fraction of sp³-hybridized carbons (Fsp3) is 0. The highest BCUT2D eigenvalue weighted by molar-refractivity contribution is 7.99. The predicted octanol–water partition coefficient (Wildman–Crippen LogP) is 5.15. The topological polar surface area (TPSA) is 52.0 Å². The van der Waals surface area contributed by atoms with E-state index in [2.05, 4.69) is 36.4 Å². The zero-order valence-corrected chi connectivity index (χ0v) is 13.5. The normalized spacial score (nSPS) is 10.5. The van der Waals surface area contributed by atoms with E-state index >= 15 is 0 Å². The number of benzene rings is 3. The Bertz CT molecular complexity index is 704. The maximum Gasteiger partial charge on any atom is 0.0325 e. The van der Waals surface area contributed by atoms with Crippen molar-refractivity contribution < 1.29 is 0 Å². The van der Waals surface area contributed by atoms with Crippen molar-refractivity contribution in [2.75, 3.05) is 11.5 Å². The molecule has 3 rings (SSSR count). The van der Waals surface area contributed by atoms with Crippen LogP contribution in [0.25, 0.3) is 0 Å². The molecule has 0 spiro atoms. The molecule has 4 N–H and O–H groups in total. The smallest absolute Gasteiger partial charge is 0.0325 e. The SMILES string of the molecule is Nc1cccc(Sc2ccc(Sc3cccc(N)c3)cc2)c1. The van der Waals surface area contributed by atoms with Crippen molar-refractivity contribution in [2.24, 2.45) is 0 Å². The lowest BCUT2D eigenvalue weighted by atomic mass is 10.3. The van der Waals surface area contributed by atoms with Gasteiger partial charge in [-0.2, -0.15) is 0 Å². The molecular formula is C18H16N2S2. The molecule has 0 amide bonds. The van der Waals surface area contributed by atoms with Crippen LogP contribution in [0.15, 0.2) is 92.4 Å². The number of anilines is 2. The zero-order chi connectivity index (χ0) is 15.4. The van der Waals surface area contributed by atoms with E-state index in [1.807, 2.05) is 36.4 Å². The molecule has 0 aromatic heterocycles. The van der Waals surface area contributed by atoms with E-state index in [1.165, 1.54) is 9.79 Å². The number of hydrogen-bond acceptors (Lipinski definition) is 4.